The number of likely N-dealkylation sites (N-methyl/N-ethyl adjacent to an activating group) is 1. The lowest BCUT2D eigenvalue weighted by molar-refractivity contribution is 0.281. The molecule has 0 fully saturated rings. The molecule has 1 N–H and O–H groups in total. The smallest absolute Gasteiger partial charge is 0.193 e. The van der Waals surface area contributed by atoms with Gasteiger partial charge in [0.25, 0.3) is 0 Å². The van der Waals surface area contributed by atoms with E-state index in [9.17, 15) is 0 Å². The second-order valence-electron chi connectivity index (χ2n) is 6.52. The van der Waals surface area contributed by atoms with Crippen molar-refractivity contribution in [1.29, 1.82) is 0 Å². The van der Waals surface area contributed by atoms with Gasteiger partial charge in [0.05, 0.1) is 19.3 Å². The predicted octanol–water partition coefficient (Wildman–Crippen LogP) is 3.02. The van der Waals surface area contributed by atoms with Gasteiger partial charge >= 0.3 is 0 Å². The molecule has 0 aliphatic rings. The Morgan fingerprint density at radius 1 is 1.07 bits per heavy atom. The van der Waals surface area contributed by atoms with Gasteiger partial charge in [-0.1, -0.05) is 48.5 Å². The summed E-state index contributed by atoms with van der Waals surface area (Å²) in [7, 11) is 3.79. The molecule has 0 saturated heterocycles. The topological polar surface area (TPSA) is 54.7 Å². The molecule has 3 aromatic rings. The number of rotatable bonds is 8. The minimum Gasteiger partial charge on any atom is -0.492 e. The Morgan fingerprint density at radius 3 is 2.50 bits per heavy atom. The fourth-order valence-electron chi connectivity index (χ4n) is 2.84. The van der Waals surface area contributed by atoms with Crippen molar-refractivity contribution in [1.82, 2.24) is 20.0 Å². The number of hydrogen-bond acceptors (Lipinski definition) is 3. The molecule has 3 rings (SSSR count). The highest BCUT2D eigenvalue weighted by Gasteiger charge is 2.07. The summed E-state index contributed by atoms with van der Waals surface area (Å²) >= 11 is 0. The number of nitrogens with zero attached hydrogens (tertiary/aromatic N) is 4. The average molecular weight is 377 g/mol. The fraction of sp³-hybridized carbons (Fsp3) is 0.273. The normalized spacial score (nSPS) is 11.3. The molecule has 0 bridgehead atoms. The van der Waals surface area contributed by atoms with Crippen LogP contribution in [0.4, 0.5) is 0 Å². The number of aromatic nitrogens is 2. The minimum atomic E-state index is 0.593. The van der Waals surface area contributed by atoms with E-state index in [1.807, 2.05) is 66.5 Å². The van der Waals surface area contributed by atoms with E-state index in [-0.39, 0.29) is 0 Å². The molecule has 0 saturated carbocycles. The Hall–Kier alpha value is -3.28. The minimum absolute atomic E-state index is 0.593. The number of guanidine groups is 1. The van der Waals surface area contributed by atoms with Crippen molar-refractivity contribution in [2.24, 2.45) is 4.99 Å². The van der Waals surface area contributed by atoms with Gasteiger partial charge in [-0.15, -0.1) is 0 Å². The fourth-order valence-corrected chi connectivity index (χ4v) is 2.84. The molecule has 0 radical (unpaired) electrons. The molecule has 0 unspecified atom stereocenters. The standard InChI is InChI=1S/C22H27N5O/c1-23-22(26(2)13-14-28-21-11-7-4-8-12-21)24-15-20-16-25-27(18-20)17-19-9-5-3-6-10-19/h3-12,16,18H,13-15,17H2,1-2H3,(H,23,24). The van der Waals surface area contributed by atoms with Gasteiger partial charge in [0, 0.05) is 32.4 Å². The largest absolute Gasteiger partial charge is 0.492 e. The van der Waals surface area contributed by atoms with Crippen LogP contribution in [0, 0.1) is 0 Å². The third-order valence-electron chi connectivity index (χ3n) is 4.34. The summed E-state index contributed by atoms with van der Waals surface area (Å²) in [5, 5.41) is 7.82. The van der Waals surface area contributed by atoms with Gasteiger partial charge in [-0.25, -0.2) is 0 Å². The quantitative estimate of drug-likeness (QED) is 0.484. The van der Waals surface area contributed by atoms with Crippen LogP contribution in [0.2, 0.25) is 0 Å². The molecule has 0 atom stereocenters. The van der Waals surface area contributed by atoms with E-state index in [1.54, 1.807) is 7.05 Å². The molecule has 1 aromatic heterocycles. The molecule has 0 spiro atoms. The highest BCUT2D eigenvalue weighted by Crippen LogP contribution is 2.08. The van der Waals surface area contributed by atoms with Crippen LogP contribution in [-0.4, -0.2) is 47.9 Å². The Balaban J connectivity index is 1.44. The zero-order valence-electron chi connectivity index (χ0n) is 16.5. The van der Waals surface area contributed by atoms with Crippen molar-refractivity contribution in [3.05, 3.63) is 84.2 Å². The van der Waals surface area contributed by atoms with Crippen LogP contribution in [0.1, 0.15) is 11.1 Å². The highest BCUT2D eigenvalue weighted by molar-refractivity contribution is 5.79. The molecule has 0 aliphatic heterocycles. The number of aliphatic imine (C=N–C) groups is 1. The van der Waals surface area contributed by atoms with Gasteiger partial charge in [-0.2, -0.15) is 5.10 Å². The summed E-state index contributed by atoms with van der Waals surface area (Å²) in [5.41, 5.74) is 2.35. The molecular formula is C22H27N5O. The summed E-state index contributed by atoms with van der Waals surface area (Å²) in [6.45, 7) is 2.77. The second-order valence-corrected chi connectivity index (χ2v) is 6.52. The molecule has 146 valence electrons. The van der Waals surface area contributed by atoms with Crippen molar-refractivity contribution in [3.8, 4) is 5.75 Å². The van der Waals surface area contributed by atoms with E-state index in [0.717, 1.165) is 30.4 Å². The van der Waals surface area contributed by atoms with Crippen molar-refractivity contribution < 1.29 is 4.74 Å². The van der Waals surface area contributed by atoms with E-state index >= 15 is 0 Å². The van der Waals surface area contributed by atoms with Gasteiger partial charge in [-0.05, 0) is 17.7 Å². The van der Waals surface area contributed by atoms with Crippen LogP contribution in [0.5, 0.6) is 5.75 Å². The van der Waals surface area contributed by atoms with E-state index in [0.29, 0.717) is 13.2 Å². The van der Waals surface area contributed by atoms with Crippen molar-refractivity contribution in [3.63, 3.8) is 0 Å². The zero-order valence-corrected chi connectivity index (χ0v) is 16.5. The lowest BCUT2D eigenvalue weighted by Gasteiger charge is -2.22. The van der Waals surface area contributed by atoms with Gasteiger partial charge in [0.15, 0.2) is 5.96 Å². The summed E-state index contributed by atoms with van der Waals surface area (Å²) in [6, 6.07) is 20.2. The lowest BCUT2D eigenvalue weighted by atomic mass is 10.2. The summed E-state index contributed by atoms with van der Waals surface area (Å²) < 4.78 is 7.71. The monoisotopic (exact) mass is 377 g/mol. The second kappa shape index (κ2) is 10.2. The SMILES string of the molecule is CN=C(NCc1cnn(Cc2ccccc2)c1)N(C)CCOc1ccccc1. The molecule has 6 heteroatoms. The van der Waals surface area contributed by atoms with Crippen LogP contribution in [0.15, 0.2) is 78.0 Å². The van der Waals surface area contributed by atoms with Crippen molar-refractivity contribution >= 4 is 5.96 Å². The summed E-state index contributed by atoms with van der Waals surface area (Å²) in [6.07, 6.45) is 3.95. The number of hydrogen-bond donors (Lipinski definition) is 1. The van der Waals surface area contributed by atoms with Gasteiger partial charge in [0.1, 0.15) is 12.4 Å². The van der Waals surface area contributed by atoms with Crippen LogP contribution in [0.3, 0.4) is 0 Å². The maximum atomic E-state index is 5.76. The van der Waals surface area contributed by atoms with Crippen molar-refractivity contribution in [2.45, 2.75) is 13.1 Å². The Labute approximate surface area is 166 Å². The Bertz CT molecular complexity index is 861. The first kappa shape index (κ1) is 19.5. The maximum absolute atomic E-state index is 5.76. The predicted molar refractivity (Wildman–Crippen MR) is 113 cm³/mol. The summed E-state index contributed by atoms with van der Waals surface area (Å²) in [4.78, 5) is 6.40. The third-order valence-corrected chi connectivity index (χ3v) is 4.34. The third kappa shape index (κ3) is 5.87. The van der Waals surface area contributed by atoms with E-state index < -0.39 is 0 Å². The van der Waals surface area contributed by atoms with Gasteiger partial charge in [0.2, 0.25) is 0 Å². The first-order chi connectivity index (χ1) is 13.7. The molecule has 6 nitrogen and oxygen atoms in total. The molecule has 28 heavy (non-hydrogen) atoms. The van der Waals surface area contributed by atoms with Crippen LogP contribution in [-0.2, 0) is 13.1 Å². The van der Waals surface area contributed by atoms with E-state index in [1.165, 1.54) is 5.56 Å². The molecular weight excluding hydrogens is 350 g/mol. The van der Waals surface area contributed by atoms with Gasteiger partial charge in [-0.3, -0.25) is 9.67 Å². The average Bonchev–Trinajstić information content (AvgIpc) is 3.17. The van der Waals surface area contributed by atoms with Crippen LogP contribution in [0.25, 0.3) is 0 Å². The summed E-state index contributed by atoms with van der Waals surface area (Å²) in [5.74, 6) is 1.71. The molecule has 0 amide bonds. The molecule has 2 aromatic carbocycles. The maximum Gasteiger partial charge on any atom is 0.193 e. The Kier molecular flexibility index (Phi) is 7.07. The van der Waals surface area contributed by atoms with Crippen LogP contribution < -0.4 is 10.1 Å². The Morgan fingerprint density at radius 2 is 1.79 bits per heavy atom. The van der Waals surface area contributed by atoms with E-state index in [4.69, 9.17) is 4.74 Å². The number of benzene rings is 2. The van der Waals surface area contributed by atoms with Crippen molar-refractivity contribution in [2.75, 3.05) is 27.2 Å². The number of nitrogens with one attached hydrogen (secondary N) is 1. The van der Waals surface area contributed by atoms with E-state index in [2.05, 4.69) is 38.6 Å². The first-order valence-electron chi connectivity index (χ1n) is 9.39. The number of ether oxygens (including phenoxy) is 1. The highest BCUT2D eigenvalue weighted by atomic mass is 16.5. The lowest BCUT2D eigenvalue weighted by Crippen LogP contribution is -2.40. The molecule has 1 heterocycles. The van der Waals surface area contributed by atoms with Crippen LogP contribution >= 0.6 is 0 Å². The number of para-hydroxylation sites is 1. The zero-order chi connectivity index (χ0) is 19.6. The first-order valence-corrected chi connectivity index (χ1v) is 9.39. The molecule has 0 aliphatic carbocycles. The van der Waals surface area contributed by atoms with Gasteiger partial charge < -0.3 is 15.0 Å².